The van der Waals surface area contributed by atoms with Gasteiger partial charge in [-0.05, 0) is 80.7 Å². The zero-order chi connectivity index (χ0) is 14.2. The van der Waals surface area contributed by atoms with E-state index in [4.69, 9.17) is 0 Å². The molecular weight excluding hydrogens is 490 g/mol. The van der Waals surface area contributed by atoms with E-state index in [-0.39, 0.29) is 11.7 Å². The Balaban J connectivity index is 2.40. The van der Waals surface area contributed by atoms with E-state index in [0.717, 1.165) is 12.7 Å². The Hall–Kier alpha value is -0.290. The Bertz CT molecular complexity index is 591. The molecule has 2 rings (SSSR count). The van der Waals surface area contributed by atoms with Crippen LogP contribution in [-0.4, -0.2) is 35.2 Å². The van der Waals surface area contributed by atoms with Crippen molar-refractivity contribution in [3.8, 4) is 5.75 Å². The minimum atomic E-state index is -0.0521. The van der Waals surface area contributed by atoms with Gasteiger partial charge in [-0.2, -0.15) is 0 Å². The van der Waals surface area contributed by atoms with Gasteiger partial charge in [-0.3, -0.25) is 14.7 Å². The van der Waals surface area contributed by atoms with Crippen LogP contribution in [0.15, 0.2) is 22.0 Å². The zero-order valence-corrected chi connectivity index (χ0v) is 15.3. The number of hydrogen-bond acceptors (Lipinski definition) is 4. The molecule has 1 aliphatic rings. The van der Waals surface area contributed by atoms with Crippen LogP contribution in [0.3, 0.4) is 0 Å². The summed E-state index contributed by atoms with van der Waals surface area (Å²) in [4.78, 5) is 18.3. The number of carbonyl (C=O) groups excluding carboxylic acids is 1. The minimum Gasteiger partial charge on any atom is -0.506 e. The molecule has 0 radical (unpaired) electrons. The molecule has 4 nitrogen and oxygen atoms in total. The van der Waals surface area contributed by atoms with Crippen molar-refractivity contribution in [1.29, 1.82) is 0 Å². The number of phenols is 1. The highest BCUT2D eigenvalue weighted by Crippen LogP contribution is 2.33. The van der Waals surface area contributed by atoms with Gasteiger partial charge in [0.2, 0.25) is 0 Å². The highest BCUT2D eigenvalue weighted by Gasteiger charge is 2.29. The molecule has 0 spiro atoms. The van der Waals surface area contributed by atoms with Crippen molar-refractivity contribution in [1.82, 2.24) is 4.90 Å². The number of nitrogens with zero attached hydrogens (tertiary/aromatic N) is 2. The van der Waals surface area contributed by atoms with Crippen molar-refractivity contribution < 1.29 is 9.90 Å². The van der Waals surface area contributed by atoms with Crippen molar-refractivity contribution in [2.24, 2.45) is 4.99 Å². The van der Waals surface area contributed by atoms with Gasteiger partial charge in [0, 0.05) is 14.1 Å². The normalized spacial score (nSPS) is 19.8. The lowest BCUT2D eigenvalue weighted by Crippen LogP contribution is -2.23. The number of halogens is 2. The minimum absolute atomic E-state index is 0.0521. The maximum Gasteiger partial charge on any atom is 0.266 e. The SMILES string of the molecule is CN=C1S/C(=C/c2cc(I)c(O)c(I)c2)C(=O)N1C. The number of rotatable bonds is 1. The summed E-state index contributed by atoms with van der Waals surface area (Å²) in [6.07, 6.45) is 1.82. The third-order valence-corrected chi connectivity index (χ3v) is 5.33. The van der Waals surface area contributed by atoms with Crippen LogP contribution in [0.4, 0.5) is 0 Å². The van der Waals surface area contributed by atoms with Crippen LogP contribution in [0.25, 0.3) is 6.08 Å². The number of aromatic hydroxyl groups is 1. The molecule has 19 heavy (non-hydrogen) atoms. The number of aliphatic imine (C=N–C) groups is 1. The third-order valence-electron chi connectivity index (χ3n) is 2.53. The first-order chi connectivity index (χ1) is 8.93. The van der Waals surface area contributed by atoms with Crippen LogP contribution in [0, 0.1) is 7.14 Å². The monoisotopic (exact) mass is 500 g/mol. The lowest BCUT2D eigenvalue weighted by atomic mass is 10.2. The predicted molar refractivity (Wildman–Crippen MR) is 95.2 cm³/mol. The summed E-state index contributed by atoms with van der Waals surface area (Å²) in [6, 6.07) is 3.69. The molecule has 1 aromatic carbocycles. The first kappa shape index (κ1) is 15.1. The van der Waals surface area contributed by atoms with Gasteiger partial charge in [-0.15, -0.1) is 0 Å². The summed E-state index contributed by atoms with van der Waals surface area (Å²) in [7, 11) is 3.38. The Morgan fingerprint density at radius 3 is 2.42 bits per heavy atom. The van der Waals surface area contributed by atoms with E-state index in [2.05, 4.69) is 50.2 Å². The molecule has 0 aliphatic carbocycles. The van der Waals surface area contributed by atoms with Crippen LogP contribution < -0.4 is 0 Å². The maximum absolute atomic E-state index is 12.0. The fourth-order valence-corrected chi connectivity index (χ4v) is 4.31. The van der Waals surface area contributed by atoms with E-state index < -0.39 is 0 Å². The fraction of sp³-hybridized carbons (Fsp3) is 0.167. The summed E-state index contributed by atoms with van der Waals surface area (Å²) in [5.41, 5.74) is 0.896. The lowest BCUT2D eigenvalue weighted by Gasteiger charge is -2.05. The topological polar surface area (TPSA) is 52.9 Å². The Morgan fingerprint density at radius 2 is 1.95 bits per heavy atom. The van der Waals surface area contributed by atoms with Crippen LogP contribution in [-0.2, 0) is 4.79 Å². The number of phenolic OH excluding ortho intramolecular Hbond substituents is 1. The molecule has 0 bridgehead atoms. The molecule has 0 saturated carbocycles. The van der Waals surface area contributed by atoms with Gasteiger partial charge in [0.05, 0.1) is 12.0 Å². The van der Waals surface area contributed by atoms with Gasteiger partial charge in [-0.1, -0.05) is 0 Å². The standard InChI is InChI=1S/C12H10I2N2O2S/c1-15-12-16(2)11(18)9(19-12)5-6-3-7(13)10(17)8(14)4-6/h3-5,17H,1-2H3/b9-5+,15-12?. The Morgan fingerprint density at radius 1 is 1.37 bits per heavy atom. The summed E-state index contributed by atoms with van der Waals surface area (Å²) in [6.45, 7) is 0. The molecule has 1 heterocycles. The Labute approximate surface area is 142 Å². The second-order valence-corrected chi connectivity index (χ2v) is 7.15. The van der Waals surface area contributed by atoms with Crippen molar-refractivity contribution in [3.63, 3.8) is 0 Å². The molecule has 100 valence electrons. The van der Waals surface area contributed by atoms with Gasteiger partial charge in [0.15, 0.2) is 5.17 Å². The number of thioether (sulfide) groups is 1. The van der Waals surface area contributed by atoms with Gasteiger partial charge >= 0.3 is 0 Å². The second-order valence-electron chi connectivity index (χ2n) is 3.81. The quantitative estimate of drug-likeness (QED) is 0.477. The number of amides is 1. The first-order valence-electron chi connectivity index (χ1n) is 5.26. The second kappa shape index (κ2) is 6.00. The zero-order valence-electron chi connectivity index (χ0n) is 10.1. The molecular formula is C12H10I2N2O2S. The molecule has 1 aromatic rings. The molecule has 1 saturated heterocycles. The molecule has 1 aliphatic heterocycles. The van der Waals surface area contributed by atoms with E-state index >= 15 is 0 Å². The van der Waals surface area contributed by atoms with E-state index in [1.165, 1.54) is 16.7 Å². The molecule has 0 unspecified atom stereocenters. The van der Waals surface area contributed by atoms with Gasteiger partial charge in [0.25, 0.3) is 5.91 Å². The average molecular weight is 500 g/mol. The van der Waals surface area contributed by atoms with Crippen molar-refractivity contribution in [2.75, 3.05) is 14.1 Å². The number of likely N-dealkylation sites (N-methyl/N-ethyl adjacent to an activating group) is 1. The molecule has 1 fully saturated rings. The smallest absolute Gasteiger partial charge is 0.266 e. The predicted octanol–water partition coefficient (Wildman–Crippen LogP) is 3.13. The molecule has 0 aromatic heterocycles. The highest BCUT2D eigenvalue weighted by molar-refractivity contribution is 14.1. The van der Waals surface area contributed by atoms with Crippen LogP contribution in [0.2, 0.25) is 0 Å². The van der Waals surface area contributed by atoms with E-state index in [1.54, 1.807) is 14.1 Å². The number of carbonyl (C=O) groups is 1. The highest BCUT2D eigenvalue weighted by atomic mass is 127. The van der Waals surface area contributed by atoms with Crippen LogP contribution in [0.1, 0.15) is 5.56 Å². The number of hydrogen-bond donors (Lipinski definition) is 1. The van der Waals surface area contributed by atoms with Crippen LogP contribution in [0.5, 0.6) is 5.75 Å². The lowest BCUT2D eigenvalue weighted by molar-refractivity contribution is -0.121. The van der Waals surface area contributed by atoms with Crippen LogP contribution >= 0.6 is 56.9 Å². The summed E-state index contributed by atoms with van der Waals surface area (Å²) in [5, 5.41) is 10.4. The van der Waals surface area contributed by atoms with E-state index in [0.29, 0.717) is 10.1 Å². The summed E-state index contributed by atoms with van der Waals surface area (Å²) >= 11 is 5.50. The summed E-state index contributed by atoms with van der Waals surface area (Å²) < 4.78 is 1.54. The van der Waals surface area contributed by atoms with E-state index in [1.807, 2.05) is 18.2 Å². The summed E-state index contributed by atoms with van der Waals surface area (Å²) in [5.74, 6) is 0.227. The largest absolute Gasteiger partial charge is 0.506 e. The Kier molecular flexibility index (Phi) is 4.77. The first-order valence-corrected chi connectivity index (χ1v) is 8.24. The van der Waals surface area contributed by atoms with Crippen molar-refractivity contribution >= 4 is 74.1 Å². The molecule has 1 amide bonds. The van der Waals surface area contributed by atoms with E-state index in [9.17, 15) is 9.90 Å². The third kappa shape index (κ3) is 3.07. The molecule has 7 heteroatoms. The molecule has 1 N–H and O–H groups in total. The van der Waals surface area contributed by atoms with Gasteiger partial charge < -0.3 is 5.11 Å². The van der Waals surface area contributed by atoms with Crippen molar-refractivity contribution in [3.05, 3.63) is 29.7 Å². The number of amidine groups is 1. The fourth-order valence-electron chi connectivity index (χ4n) is 1.57. The van der Waals surface area contributed by atoms with Crippen molar-refractivity contribution in [2.45, 2.75) is 0 Å². The van der Waals surface area contributed by atoms with Gasteiger partial charge in [-0.25, -0.2) is 0 Å². The average Bonchev–Trinajstić information content (AvgIpc) is 2.63. The number of benzene rings is 1. The maximum atomic E-state index is 12.0. The van der Waals surface area contributed by atoms with Gasteiger partial charge in [0.1, 0.15) is 5.75 Å². The molecule has 0 atom stereocenters.